The van der Waals surface area contributed by atoms with Gasteiger partial charge in [0.25, 0.3) is 0 Å². The minimum Gasteiger partial charge on any atom is -0.508 e. The Hall–Kier alpha value is -0.0800. The maximum atomic E-state index is 9.54. The Balaban J connectivity index is 2.64. The molecule has 0 heterocycles. The molecule has 0 spiro atoms. The summed E-state index contributed by atoms with van der Waals surface area (Å²) in [5, 5.41) is 18.5. The molecule has 7 heteroatoms. The third kappa shape index (κ3) is 3.85. The van der Waals surface area contributed by atoms with E-state index in [1.807, 2.05) is 12.1 Å². The number of aromatic hydroxyl groups is 1. The monoisotopic (exact) mass is 584 g/mol. The van der Waals surface area contributed by atoms with Gasteiger partial charge in [-0.1, -0.05) is 26.0 Å². The second-order valence-electron chi connectivity index (χ2n) is 5.70. The Morgan fingerprint density at radius 1 is 0.917 bits per heavy atom. The van der Waals surface area contributed by atoms with Crippen molar-refractivity contribution in [2.45, 2.75) is 19.3 Å². The van der Waals surface area contributed by atoms with Crippen LogP contribution in [-0.2, 0) is 5.41 Å². The Kier molecular flexibility index (Phi) is 6.81. The summed E-state index contributed by atoms with van der Waals surface area (Å²) >= 11 is 14.5. The number of phenolic OH excluding ortho intramolecular Hbond substituents is 1. The van der Waals surface area contributed by atoms with Crippen molar-refractivity contribution >= 4 is 63.7 Å². The number of aliphatic hydroxyl groups is 1. The lowest BCUT2D eigenvalue weighted by atomic mass is 9.78. The zero-order valence-electron chi connectivity index (χ0n) is 13.0. The zero-order valence-corrected chi connectivity index (χ0v) is 19.4. The van der Waals surface area contributed by atoms with Gasteiger partial charge >= 0.3 is 0 Å². The topological polar surface area (TPSA) is 49.7 Å². The molecule has 24 heavy (non-hydrogen) atoms. The van der Waals surface area contributed by atoms with Gasteiger partial charge in [0.15, 0.2) is 0 Å². The molecule has 2 rings (SSSR count). The fourth-order valence-corrected chi connectivity index (χ4v) is 5.76. The van der Waals surface area contributed by atoms with Crippen LogP contribution < -0.4 is 4.74 Å². The minimum absolute atomic E-state index is 0.0606. The van der Waals surface area contributed by atoms with Crippen LogP contribution in [0.2, 0.25) is 0 Å². The molecule has 0 atom stereocenters. The fourth-order valence-electron chi connectivity index (χ4n) is 2.46. The van der Waals surface area contributed by atoms with Crippen molar-refractivity contribution in [3.05, 3.63) is 53.3 Å². The van der Waals surface area contributed by atoms with Crippen LogP contribution in [-0.4, -0.2) is 23.4 Å². The SMILES string of the molecule is CC(C)(c1ccc(O)cc1)c1c(Br)c(Br)c(OCCO)c(Br)c1Br. The molecule has 2 aromatic rings. The van der Waals surface area contributed by atoms with Crippen LogP contribution in [0.1, 0.15) is 25.0 Å². The number of aliphatic hydroxyl groups excluding tert-OH is 1. The third-order valence-corrected chi connectivity index (χ3v) is 7.94. The second-order valence-corrected chi connectivity index (χ2v) is 8.88. The molecule has 2 aromatic carbocycles. The van der Waals surface area contributed by atoms with Gasteiger partial charge in [-0.25, -0.2) is 0 Å². The van der Waals surface area contributed by atoms with E-state index in [9.17, 15) is 5.11 Å². The summed E-state index contributed by atoms with van der Waals surface area (Å²) in [6, 6.07) is 7.18. The first-order valence-electron chi connectivity index (χ1n) is 7.11. The molecule has 0 radical (unpaired) electrons. The predicted molar refractivity (Wildman–Crippen MR) is 110 cm³/mol. The van der Waals surface area contributed by atoms with E-state index in [1.165, 1.54) is 0 Å². The highest BCUT2D eigenvalue weighted by atomic mass is 79.9. The predicted octanol–water partition coefficient (Wildman–Crippen LogP) is 6.14. The van der Waals surface area contributed by atoms with Gasteiger partial charge in [-0.3, -0.25) is 0 Å². The molecule has 0 unspecified atom stereocenters. The van der Waals surface area contributed by atoms with Crippen LogP contribution in [0.5, 0.6) is 11.5 Å². The maximum absolute atomic E-state index is 9.54. The summed E-state index contributed by atoms with van der Waals surface area (Å²) in [6.07, 6.45) is 0. The number of ether oxygens (including phenoxy) is 1. The fraction of sp³-hybridized carbons (Fsp3) is 0.294. The van der Waals surface area contributed by atoms with Crippen molar-refractivity contribution < 1.29 is 14.9 Å². The largest absolute Gasteiger partial charge is 0.508 e. The molecule has 0 saturated carbocycles. The number of phenols is 1. The lowest BCUT2D eigenvalue weighted by Gasteiger charge is -2.30. The molecule has 0 bridgehead atoms. The van der Waals surface area contributed by atoms with Gasteiger partial charge in [-0.05, 0) is 87.0 Å². The van der Waals surface area contributed by atoms with Gasteiger partial charge in [0.1, 0.15) is 18.1 Å². The molecule has 0 amide bonds. The summed E-state index contributed by atoms with van der Waals surface area (Å²) in [4.78, 5) is 0. The van der Waals surface area contributed by atoms with Crippen molar-refractivity contribution in [3.63, 3.8) is 0 Å². The number of halogens is 4. The molecular weight excluding hydrogens is 572 g/mol. The van der Waals surface area contributed by atoms with Crippen molar-refractivity contribution in [2.24, 2.45) is 0 Å². The lowest BCUT2D eigenvalue weighted by molar-refractivity contribution is 0.199. The van der Waals surface area contributed by atoms with Crippen molar-refractivity contribution in [1.29, 1.82) is 0 Å². The first-order chi connectivity index (χ1) is 11.2. The Morgan fingerprint density at radius 2 is 1.42 bits per heavy atom. The highest BCUT2D eigenvalue weighted by Crippen LogP contribution is 2.51. The van der Waals surface area contributed by atoms with Crippen molar-refractivity contribution in [2.75, 3.05) is 13.2 Å². The third-order valence-electron chi connectivity index (χ3n) is 3.77. The van der Waals surface area contributed by atoms with Gasteiger partial charge in [0.05, 0.1) is 15.6 Å². The van der Waals surface area contributed by atoms with Crippen LogP contribution in [0.15, 0.2) is 42.2 Å². The number of hydrogen-bond acceptors (Lipinski definition) is 3. The maximum Gasteiger partial charge on any atom is 0.150 e. The van der Waals surface area contributed by atoms with E-state index in [0.717, 1.165) is 29.0 Å². The van der Waals surface area contributed by atoms with Crippen LogP contribution in [0.25, 0.3) is 0 Å². The first-order valence-corrected chi connectivity index (χ1v) is 10.3. The first kappa shape index (κ1) is 20.2. The number of rotatable bonds is 5. The number of hydrogen-bond donors (Lipinski definition) is 2. The standard InChI is InChI=1S/C17H16Br4O3/c1-17(2,9-3-5-10(23)6-4-9)11-12(18)14(20)16(24-8-7-22)15(21)13(11)19/h3-6,22-23H,7-8H2,1-2H3. The van der Waals surface area contributed by atoms with E-state index in [2.05, 4.69) is 77.6 Å². The molecular formula is C17H16Br4O3. The summed E-state index contributed by atoms with van der Waals surface area (Å²) in [5.41, 5.74) is 1.75. The van der Waals surface area contributed by atoms with E-state index in [1.54, 1.807) is 12.1 Å². The van der Waals surface area contributed by atoms with E-state index in [0.29, 0.717) is 5.75 Å². The van der Waals surface area contributed by atoms with Crippen LogP contribution in [0.4, 0.5) is 0 Å². The second kappa shape index (κ2) is 8.08. The smallest absolute Gasteiger partial charge is 0.150 e. The molecule has 0 aliphatic rings. The highest BCUT2D eigenvalue weighted by Gasteiger charge is 2.32. The summed E-state index contributed by atoms with van der Waals surface area (Å²) in [5.74, 6) is 0.857. The van der Waals surface area contributed by atoms with Crippen LogP contribution in [0.3, 0.4) is 0 Å². The van der Waals surface area contributed by atoms with Crippen molar-refractivity contribution in [3.8, 4) is 11.5 Å². The average molecular weight is 588 g/mol. The van der Waals surface area contributed by atoms with Crippen LogP contribution >= 0.6 is 63.7 Å². The molecule has 3 nitrogen and oxygen atoms in total. The normalized spacial score (nSPS) is 11.6. The Morgan fingerprint density at radius 3 is 1.88 bits per heavy atom. The van der Waals surface area contributed by atoms with Gasteiger partial charge in [-0.15, -0.1) is 0 Å². The molecule has 130 valence electrons. The molecule has 0 aromatic heterocycles. The summed E-state index contributed by atoms with van der Waals surface area (Å²) in [7, 11) is 0. The highest BCUT2D eigenvalue weighted by molar-refractivity contribution is 9.14. The Bertz CT molecular complexity index is 713. The Labute approximate surface area is 174 Å². The minimum atomic E-state index is -0.341. The molecule has 0 aliphatic carbocycles. The molecule has 2 N–H and O–H groups in total. The van der Waals surface area contributed by atoms with Gasteiger partial charge in [0.2, 0.25) is 0 Å². The molecule has 0 fully saturated rings. The summed E-state index contributed by atoms with van der Waals surface area (Å²) < 4.78 is 8.90. The molecule has 0 aliphatic heterocycles. The van der Waals surface area contributed by atoms with Crippen LogP contribution in [0, 0.1) is 0 Å². The number of benzene rings is 2. The summed E-state index contributed by atoms with van der Waals surface area (Å²) in [6.45, 7) is 4.36. The van der Waals surface area contributed by atoms with Gasteiger partial charge in [0, 0.05) is 14.4 Å². The van der Waals surface area contributed by atoms with Gasteiger partial charge < -0.3 is 14.9 Å². The van der Waals surface area contributed by atoms with E-state index >= 15 is 0 Å². The quantitative estimate of drug-likeness (QED) is 0.413. The van der Waals surface area contributed by atoms with E-state index in [-0.39, 0.29) is 24.4 Å². The van der Waals surface area contributed by atoms with Gasteiger partial charge in [-0.2, -0.15) is 0 Å². The van der Waals surface area contributed by atoms with E-state index in [4.69, 9.17) is 9.84 Å². The van der Waals surface area contributed by atoms with Crippen molar-refractivity contribution in [1.82, 2.24) is 0 Å². The average Bonchev–Trinajstić information content (AvgIpc) is 2.53. The van der Waals surface area contributed by atoms with E-state index < -0.39 is 0 Å². The lowest BCUT2D eigenvalue weighted by Crippen LogP contribution is -2.21. The molecule has 0 saturated heterocycles. The zero-order chi connectivity index (χ0) is 18.1.